The van der Waals surface area contributed by atoms with Crippen molar-refractivity contribution in [3.63, 3.8) is 0 Å². The van der Waals surface area contributed by atoms with Crippen LogP contribution in [0, 0.1) is 5.82 Å². The van der Waals surface area contributed by atoms with E-state index in [0.29, 0.717) is 36.4 Å². The molecule has 0 unspecified atom stereocenters. The van der Waals surface area contributed by atoms with Crippen LogP contribution in [0.1, 0.15) is 21.5 Å². The van der Waals surface area contributed by atoms with E-state index in [4.69, 9.17) is 0 Å². The number of carbonyl (C=O) groups excluding carboxylic acids is 1. The lowest BCUT2D eigenvalue weighted by atomic mass is 10.0. The third-order valence-electron chi connectivity index (χ3n) is 5.15. The Morgan fingerprint density at radius 1 is 1.14 bits per heavy atom. The maximum Gasteiger partial charge on any atom is 0.259 e. The highest BCUT2D eigenvalue weighted by Gasteiger charge is 2.25. The van der Waals surface area contributed by atoms with Crippen molar-refractivity contribution in [2.45, 2.75) is 13.0 Å². The van der Waals surface area contributed by atoms with Crippen LogP contribution in [0.4, 0.5) is 4.39 Å². The van der Waals surface area contributed by atoms with Crippen LogP contribution < -0.4 is 5.56 Å². The van der Waals surface area contributed by atoms with Crippen LogP contribution in [-0.2, 0) is 13.0 Å². The predicted molar refractivity (Wildman–Crippen MR) is 103 cm³/mol. The van der Waals surface area contributed by atoms with Gasteiger partial charge >= 0.3 is 0 Å². The van der Waals surface area contributed by atoms with Gasteiger partial charge < -0.3 is 4.90 Å². The lowest BCUT2D eigenvalue weighted by Gasteiger charge is -2.29. The second-order valence-electron chi connectivity index (χ2n) is 6.93. The zero-order valence-electron chi connectivity index (χ0n) is 15.3. The van der Waals surface area contributed by atoms with Gasteiger partial charge in [-0.1, -0.05) is 0 Å². The summed E-state index contributed by atoms with van der Waals surface area (Å²) in [5, 5.41) is 4.18. The molecule has 29 heavy (non-hydrogen) atoms. The lowest BCUT2D eigenvalue weighted by molar-refractivity contribution is 0.0736. The fraction of sp³-hybridized carbons (Fsp3) is 0.143. The molecule has 0 saturated carbocycles. The number of nitrogens with zero attached hydrogens (tertiary/aromatic N) is 5. The number of halogens is 1. The standard InChI is InChI=1S/C21H16FN5O2/c22-16-2-4-17(5-3-16)26-13-15-12-25(9-6-14(15)10-19(26)28)21(29)18-11-24-27-8-1-7-23-20(18)27/h1-5,7-8,10-11,13H,6,9,12H2. The molecule has 7 nitrogen and oxygen atoms in total. The summed E-state index contributed by atoms with van der Waals surface area (Å²) >= 11 is 0. The van der Waals surface area contributed by atoms with Crippen molar-refractivity contribution < 1.29 is 9.18 Å². The first-order valence-electron chi connectivity index (χ1n) is 9.18. The maximum atomic E-state index is 13.2. The van der Waals surface area contributed by atoms with E-state index in [9.17, 15) is 14.0 Å². The van der Waals surface area contributed by atoms with Crippen molar-refractivity contribution in [3.8, 4) is 5.69 Å². The lowest BCUT2D eigenvalue weighted by Crippen LogP contribution is -2.37. The number of rotatable bonds is 2. The molecule has 144 valence electrons. The number of fused-ring (bicyclic) bond motifs is 2. The van der Waals surface area contributed by atoms with E-state index in [2.05, 4.69) is 10.1 Å². The quantitative estimate of drug-likeness (QED) is 0.527. The minimum Gasteiger partial charge on any atom is -0.334 e. The molecule has 0 aliphatic carbocycles. The Morgan fingerprint density at radius 3 is 2.79 bits per heavy atom. The van der Waals surface area contributed by atoms with Gasteiger partial charge in [-0.3, -0.25) is 14.2 Å². The van der Waals surface area contributed by atoms with Crippen LogP contribution in [-0.4, -0.2) is 36.5 Å². The topological polar surface area (TPSA) is 72.5 Å². The van der Waals surface area contributed by atoms with Gasteiger partial charge in [-0.15, -0.1) is 0 Å². The molecule has 0 N–H and O–H groups in total. The molecule has 1 aliphatic rings. The van der Waals surface area contributed by atoms with Gasteiger partial charge in [-0.25, -0.2) is 13.9 Å². The first kappa shape index (κ1) is 17.3. The van der Waals surface area contributed by atoms with Gasteiger partial charge in [0.15, 0.2) is 5.65 Å². The summed E-state index contributed by atoms with van der Waals surface area (Å²) in [5.74, 6) is -0.512. The summed E-state index contributed by atoms with van der Waals surface area (Å²) in [6.45, 7) is 0.885. The second-order valence-corrected chi connectivity index (χ2v) is 6.93. The van der Waals surface area contributed by atoms with E-state index in [1.807, 2.05) is 0 Å². The molecular formula is C21H16FN5O2. The molecule has 4 heterocycles. The third-order valence-corrected chi connectivity index (χ3v) is 5.15. The van der Waals surface area contributed by atoms with Gasteiger partial charge in [0.05, 0.1) is 6.20 Å². The molecule has 1 aliphatic heterocycles. The molecule has 0 bridgehead atoms. The molecule has 8 heteroatoms. The van der Waals surface area contributed by atoms with Gasteiger partial charge in [0.2, 0.25) is 0 Å². The summed E-state index contributed by atoms with van der Waals surface area (Å²) in [6, 6.07) is 9.08. The third kappa shape index (κ3) is 2.98. The van der Waals surface area contributed by atoms with E-state index in [0.717, 1.165) is 11.1 Å². The molecule has 5 rings (SSSR count). The maximum absolute atomic E-state index is 13.2. The molecule has 1 amide bonds. The Bertz CT molecular complexity index is 1290. The number of hydrogen-bond acceptors (Lipinski definition) is 4. The predicted octanol–water partition coefficient (Wildman–Crippen LogP) is 2.22. The molecule has 0 spiro atoms. The highest BCUT2D eigenvalue weighted by Crippen LogP contribution is 2.21. The highest BCUT2D eigenvalue weighted by atomic mass is 19.1. The number of amides is 1. The number of benzene rings is 1. The molecule has 0 atom stereocenters. The van der Waals surface area contributed by atoms with Crippen LogP contribution in [0.3, 0.4) is 0 Å². The fourth-order valence-corrected chi connectivity index (χ4v) is 3.65. The van der Waals surface area contributed by atoms with Gasteiger partial charge in [0.1, 0.15) is 11.4 Å². The van der Waals surface area contributed by atoms with Crippen LogP contribution in [0.15, 0.2) is 66.0 Å². The highest BCUT2D eigenvalue weighted by molar-refractivity contribution is 5.99. The minimum atomic E-state index is -0.362. The zero-order chi connectivity index (χ0) is 20.0. The van der Waals surface area contributed by atoms with E-state index in [1.165, 1.54) is 22.9 Å². The fourth-order valence-electron chi connectivity index (χ4n) is 3.65. The SMILES string of the molecule is O=C(c1cnn2cccnc12)N1CCc2cc(=O)n(-c3ccc(F)cc3)cc2C1. The van der Waals surface area contributed by atoms with Crippen LogP contribution in [0.5, 0.6) is 0 Å². The normalized spacial score (nSPS) is 13.5. The first-order valence-corrected chi connectivity index (χ1v) is 9.18. The summed E-state index contributed by atoms with van der Waals surface area (Å²) < 4.78 is 16.3. The number of aromatic nitrogens is 4. The van der Waals surface area contributed by atoms with Crippen molar-refractivity contribution in [2.75, 3.05) is 6.54 Å². The first-order chi connectivity index (χ1) is 14.1. The van der Waals surface area contributed by atoms with Gasteiger partial charge in [-0.2, -0.15) is 5.10 Å². The molecule has 3 aromatic heterocycles. The van der Waals surface area contributed by atoms with Crippen molar-refractivity contribution in [2.24, 2.45) is 0 Å². The van der Waals surface area contributed by atoms with Crippen molar-refractivity contribution in [1.82, 2.24) is 24.1 Å². The van der Waals surface area contributed by atoms with Gasteiger partial charge in [0, 0.05) is 43.4 Å². The Kier molecular flexibility index (Phi) is 3.97. The van der Waals surface area contributed by atoms with E-state index >= 15 is 0 Å². The zero-order valence-corrected chi connectivity index (χ0v) is 15.3. The van der Waals surface area contributed by atoms with E-state index < -0.39 is 0 Å². The van der Waals surface area contributed by atoms with Gasteiger partial charge in [0.25, 0.3) is 11.5 Å². The van der Waals surface area contributed by atoms with E-state index in [-0.39, 0.29) is 17.3 Å². The van der Waals surface area contributed by atoms with Crippen molar-refractivity contribution in [3.05, 3.63) is 94.0 Å². The van der Waals surface area contributed by atoms with E-state index in [1.54, 1.807) is 52.3 Å². The average Bonchev–Trinajstić information content (AvgIpc) is 3.17. The monoisotopic (exact) mass is 389 g/mol. The molecule has 0 saturated heterocycles. The second kappa shape index (κ2) is 6.66. The van der Waals surface area contributed by atoms with Crippen molar-refractivity contribution in [1.29, 1.82) is 0 Å². The Morgan fingerprint density at radius 2 is 1.97 bits per heavy atom. The Hall–Kier alpha value is -3.81. The summed E-state index contributed by atoms with van der Waals surface area (Å²) in [4.78, 5) is 31.5. The molecule has 1 aromatic carbocycles. The van der Waals surface area contributed by atoms with Crippen LogP contribution >= 0.6 is 0 Å². The Labute approximate surface area is 164 Å². The van der Waals surface area contributed by atoms with Crippen molar-refractivity contribution >= 4 is 11.6 Å². The minimum absolute atomic E-state index is 0.149. The van der Waals surface area contributed by atoms with Crippen LogP contribution in [0.2, 0.25) is 0 Å². The molecule has 4 aromatic rings. The molecular weight excluding hydrogens is 373 g/mol. The number of hydrogen-bond donors (Lipinski definition) is 0. The molecule has 0 fully saturated rings. The number of pyridine rings is 1. The number of carbonyl (C=O) groups is 1. The largest absolute Gasteiger partial charge is 0.334 e. The van der Waals surface area contributed by atoms with Crippen LogP contribution in [0.25, 0.3) is 11.3 Å². The Balaban J connectivity index is 1.48. The summed E-state index contributed by atoms with van der Waals surface area (Å²) in [5.41, 5.74) is 3.17. The summed E-state index contributed by atoms with van der Waals surface area (Å²) in [7, 11) is 0. The van der Waals surface area contributed by atoms with Gasteiger partial charge in [-0.05, 0) is 47.9 Å². The average molecular weight is 389 g/mol. The molecule has 0 radical (unpaired) electrons. The summed E-state index contributed by atoms with van der Waals surface area (Å²) in [6.07, 6.45) is 7.22. The smallest absolute Gasteiger partial charge is 0.259 e.